The summed E-state index contributed by atoms with van der Waals surface area (Å²) < 4.78 is 4.85. The normalized spacial score (nSPS) is 9.47. The summed E-state index contributed by atoms with van der Waals surface area (Å²) in [5, 5.41) is 2.56. The molecular formula is C10H12N2O3. The van der Waals surface area contributed by atoms with Crippen molar-refractivity contribution in [3.05, 3.63) is 18.2 Å². The second-order valence-electron chi connectivity index (χ2n) is 3.03. The number of carbonyl (C=O) groups excluding carboxylic acids is 2. The molecule has 15 heavy (non-hydrogen) atoms. The lowest BCUT2D eigenvalue weighted by Gasteiger charge is -2.08. The Labute approximate surface area is 87.2 Å². The molecule has 0 saturated carbocycles. The zero-order chi connectivity index (χ0) is 11.4. The third kappa shape index (κ3) is 3.30. The molecule has 0 fully saturated rings. The Balaban J connectivity index is 2.94. The first kappa shape index (κ1) is 11.0. The minimum absolute atomic E-state index is 0.200. The fourth-order valence-corrected chi connectivity index (χ4v) is 1.06. The van der Waals surface area contributed by atoms with Gasteiger partial charge in [0.1, 0.15) is 0 Å². The van der Waals surface area contributed by atoms with E-state index in [-0.39, 0.29) is 11.7 Å². The van der Waals surface area contributed by atoms with Gasteiger partial charge in [-0.15, -0.1) is 0 Å². The van der Waals surface area contributed by atoms with Crippen LogP contribution in [0.1, 0.15) is 13.8 Å². The second kappa shape index (κ2) is 4.45. The minimum atomic E-state index is -0.457. The number of hydrogen-bond acceptors (Lipinski definition) is 4. The molecule has 3 N–H and O–H groups in total. The van der Waals surface area contributed by atoms with Gasteiger partial charge >= 0.3 is 5.97 Å². The standard InChI is InChI=1S/C10H12N2O3/c1-6(13)12-8-3-4-9(11)10(5-8)15-7(2)14/h3-5H,11H2,1-2H3,(H,12,13). The molecule has 0 aliphatic heterocycles. The van der Waals surface area contributed by atoms with Crippen LogP contribution in [0.15, 0.2) is 18.2 Å². The average molecular weight is 208 g/mol. The lowest BCUT2D eigenvalue weighted by Crippen LogP contribution is -2.08. The molecule has 1 amide bonds. The van der Waals surface area contributed by atoms with Crippen molar-refractivity contribution in [1.29, 1.82) is 0 Å². The number of hydrogen-bond donors (Lipinski definition) is 2. The van der Waals surface area contributed by atoms with Gasteiger partial charge in [0.05, 0.1) is 5.69 Å². The molecule has 1 rings (SSSR count). The van der Waals surface area contributed by atoms with Crippen LogP contribution in [0.5, 0.6) is 5.75 Å². The van der Waals surface area contributed by atoms with E-state index in [1.54, 1.807) is 12.1 Å². The maximum absolute atomic E-state index is 10.8. The van der Waals surface area contributed by atoms with Crippen LogP contribution in [0.25, 0.3) is 0 Å². The molecule has 0 aliphatic carbocycles. The van der Waals surface area contributed by atoms with Gasteiger partial charge in [0.25, 0.3) is 0 Å². The lowest BCUT2D eigenvalue weighted by molar-refractivity contribution is -0.131. The summed E-state index contributed by atoms with van der Waals surface area (Å²) >= 11 is 0. The van der Waals surface area contributed by atoms with Crippen molar-refractivity contribution in [3.63, 3.8) is 0 Å². The maximum atomic E-state index is 10.8. The van der Waals surface area contributed by atoms with E-state index in [0.29, 0.717) is 11.4 Å². The molecule has 0 spiro atoms. The largest absolute Gasteiger partial charge is 0.424 e. The molecule has 5 nitrogen and oxygen atoms in total. The molecule has 0 radical (unpaired) electrons. The number of anilines is 2. The lowest BCUT2D eigenvalue weighted by atomic mass is 10.2. The van der Waals surface area contributed by atoms with Crippen molar-refractivity contribution in [2.24, 2.45) is 0 Å². The molecule has 0 bridgehead atoms. The molecule has 1 aromatic carbocycles. The molecule has 0 unspecified atom stereocenters. The molecule has 0 atom stereocenters. The Hall–Kier alpha value is -2.04. The number of nitrogen functional groups attached to an aromatic ring is 1. The first-order chi connectivity index (χ1) is 6.99. The number of esters is 1. The monoisotopic (exact) mass is 208 g/mol. The van der Waals surface area contributed by atoms with E-state index < -0.39 is 5.97 Å². The van der Waals surface area contributed by atoms with Gasteiger partial charge in [-0.1, -0.05) is 0 Å². The summed E-state index contributed by atoms with van der Waals surface area (Å²) in [6, 6.07) is 4.69. The summed E-state index contributed by atoms with van der Waals surface area (Å²) in [6.45, 7) is 2.67. The fraction of sp³-hybridized carbons (Fsp3) is 0.200. The summed E-state index contributed by atoms with van der Waals surface area (Å²) in [4.78, 5) is 21.5. The average Bonchev–Trinajstić information content (AvgIpc) is 2.09. The van der Waals surface area contributed by atoms with E-state index in [9.17, 15) is 9.59 Å². The van der Waals surface area contributed by atoms with Crippen molar-refractivity contribution in [1.82, 2.24) is 0 Å². The van der Waals surface area contributed by atoms with Crippen LogP contribution in [0.2, 0.25) is 0 Å². The summed E-state index contributed by atoms with van der Waals surface area (Å²) in [5.41, 5.74) is 6.46. The molecule has 0 heterocycles. The van der Waals surface area contributed by atoms with Gasteiger partial charge in [0.15, 0.2) is 5.75 Å². The zero-order valence-electron chi connectivity index (χ0n) is 8.53. The molecule has 80 valence electrons. The molecule has 5 heteroatoms. The third-order valence-corrected chi connectivity index (χ3v) is 1.59. The van der Waals surface area contributed by atoms with Gasteiger partial charge in [0.2, 0.25) is 5.91 Å². The van der Waals surface area contributed by atoms with Crippen molar-refractivity contribution in [2.75, 3.05) is 11.1 Å². The predicted molar refractivity (Wildman–Crippen MR) is 56.5 cm³/mol. The van der Waals surface area contributed by atoms with Gasteiger partial charge in [-0.05, 0) is 12.1 Å². The second-order valence-corrected chi connectivity index (χ2v) is 3.03. The van der Waals surface area contributed by atoms with Crippen LogP contribution in [0.3, 0.4) is 0 Å². The van der Waals surface area contributed by atoms with Crippen LogP contribution in [-0.4, -0.2) is 11.9 Å². The quantitative estimate of drug-likeness (QED) is 0.434. The van der Waals surface area contributed by atoms with Crippen LogP contribution in [0.4, 0.5) is 11.4 Å². The van der Waals surface area contributed by atoms with Gasteiger partial charge in [-0.25, -0.2) is 0 Å². The van der Waals surface area contributed by atoms with E-state index in [4.69, 9.17) is 10.5 Å². The highest BCUT2D eigenvalue weighted by Gasteiger charge is 2.05. The summed E-state index contributed by atoms with van der Waals surface area (Å²) in [6.07, 6.45) is 0. The number of rotatable bonds is 2. The number of amides is 1. The van der Waals surface area contributed by atoms with Gasteiger partial charge in [0, 0.05) is 25.6 Å². The Morgan fingerprint density at radius 2 is 2.00 bits per heavy atom. The first-order valence-corrected chi connectivity index (χ1v) is 4.34. The highest BCUT2D eigenvalue weighted by Crippen LogP contribution is 2.25. The molecule has 0 saturated heterocycles. The SMILES string of the molecule is CC(=O)Nc1ccc(N)c(OC(C)=O)c1. The summed E-state index contributed by atoms with van der Waals surface area (Å²) in [5.74, 6) is -0.413. The fourth-order valence-electron chi connectivity index (χ4n) is 1.06. The maximum Gasteiger partial charge on any atom is 0.308 e. The first-order valence-electron chi connectivity index (χ1n) is 4.34. The number of nitrogens with two attached hydrogens (primary N) is 1. The third-order valence-electron chi connectivity index (χ3n) is 1.59. The Bertz CT molecular complexity index is 402. The van der Waals surface area contributed by atoms with Gasteiger partial charge < -0.3 is 15.8 Å². The number of ether oxygens (including phenoxy) is 1. The Morgan fingerprint density at radius 1 is 1.33 bits per heavy atom. The Morgan fingerprint density at radius 3 is 2.53 bits per heavy atom. The number of benzene rings is 1. The van der Waals surface area contributed by atoms with Gasteiger partial charge in [-0.3, -0.25) is 9.59 Å². The minimum Gasteiger partial charge on any atom is -0.424 e. The zero-order valence-corrected chi connectivity index (χ0v) is 8.53. The van der Waals surface area contributed by atoms with Crippen LogP contribution in [0, 0.1) is 0 Å². The van der Waals surface area contributed by atoms with Crippen LogP contribution >= 0.6 is 0 Å². The predicted octanol–water partition coefficient (Wildman–Crippen LogP) is 1.15. The topological polar surface area (TPSA) is 81.4 Å². The molecule has 1 aromatic rings. The van der Waals surface area contributed by atoms with Crippen molar-refractivity contribution in [2.45, 2.75) is 13.8 Å². The van der Waals surface area contributed by atoms with E-state index in [1.807, 2.05) is 0 Å². The van der Waals surface area contributed by atoms with Crippen LogP contribution in [-0.2, 0) is 9.59 Å². The van der Waals surface area contributed by atoms with Crippen molar-refractivity contribution < 1.29 is 14.3 Å². The highest BCUT2D eigenvalue weighted by molar-refractivity contribution is 5.89. The smallest absolute Gasteiger partial charge is 0.308 e. The Kier molecular flexibility index (Phi) is 3.28. The molecule has 0 aromatic heterocycles. The highest BCUT2D eigenvalue weighted by atomic mass is 16.5. The summed E-state index contributed by atoms with van der Waals surface area (Å²) in [7, 11) is 0. The van der Waals surface area contributed by atoms with Gasteiger partial charge in [-0.2, -0.15) is 0 Å². The van der Waals surface area contributed by atoms with E-state index >= 15 is 0 Å². The number of nitrogens with one attached hydrogen (secondary N) is 1. The molecule has 0 aliphatic rings. The van der Waals surface area contributed by atoms with Crippen LogP contribution < -0.4 is 15.8 Å². The van der Waals surface area contributed by atoms with E-state index in [0.717, 1.165) is 0 Å². The number of carbonyl (C=O) groups is 2. The van der Waals surface area contributed by atoms with E-state index in [1.165, 1.54) is 19.9 Å². The van der Waals surface area contributed by atoms with E-state index in [2.05, 4.69) is 5.32 Å². The van der Waals surface area contributed by atoms with Crippen molar-refractivity contribution in [3.8, 4) is 5.75 Å². The van der Waals surface area contributed by atoms with Crippen molar-refractivity contribution >= 4 is 23.3 Å². The molecular weight excluding hydrogens is 196 g/mol.